The predicted molar refractivity (Wildman–Crippen MR) is 54.4 cm³/mol. The van der Waals surface area contributed by atoms with E-state index in [0.29, 0.717) is 25.2 Å². The Balaban J connectivity index is 2.74. The summed E-state index contributed by atoms with van der Waals surface area (Å²) in [6.07, 6.45) is 0. The van der Waals surface area contributed by atoms with Gasteiger partial charge in [0.25, 0.3) is 0 Å². The van der Waals surface area contributed by atoms with Crippen molar-refractivity contribution >= 4 is 0 Å². The van der Waals surface area contributed by atoms with Gasteiger partial charge in [0.05, 0.1) is 6.61 Å². The van der Waals surface area contributed by atoms with Gasteiger partial charge < -0.3 is 5.11 Å². The van der Waals surface area contributed by atoms with Gasteiger partial charge in [-0.1, -0.05) is 19.1 Å². The van der Waals surface area contributed by atoms with Gasteiger partial charge >= 0.3 is 0 Å². The summed E-state index contributed by atoms with van der Waals surface area (Å²) in [7, 11) is 0. The highest BCUT2D eigenvalue weighted by Gasteiger charge is 2.10. The van der Waals surface area contributed by atoms with Crippen LogP contribution in [0.4, 0.5) is 8.78 Å². The standard InChI is InChI=1S/C11H15F2NO/c1-2-14(6-7-15)8-9-4-3-5-10(12)11(9)13/h3-5,15H,2,6-8H2,1H3. The molecule has 0 aromatic heterocycles. The fourth-order valence-corrected chi connectivity index (χ4v) is 1.40. The van der Waals surface area contributed by atoms with Crippen molar-refractivity contribution in [1.82, 2.24) is 4.90 Å². The molecular formula is C11H15F2NO. The van der Waals surface area contributed by atoms with Crippen LogP contribution in [0, 0.1) is 11.6 Å². The smallest absolute Gasteiger partial charge is 0.163 e. The van der Waals surface area contributed by atoms with Crippen molar-refractivity contribution in [2.24, 2.45) is 0 Å². The average Bonchev–Trinajstić information content (AvgIpc) is 2.24. The second-order valence-corrected chi connectivity index (χ2v) is 3.31. The van der Waals surface area contributed by atoms with E-state index in [1.165, 1.54) is 6.07 Å². The van der Waals surface area contributed by atoms with Gasteiger partial charge in [-0.25, -0.2) is 8.78 Å². The Labute approximate surface area is 88.1 Å². The third kappa shape index (κ3) is 3.25. The van der Waals surface area contributed by atoms with Crippen LogP contribution in [0.2, 0.25) is 0 Å². The third-order valence-electron chi connectivity index (χ3n) is 2.29. The molecule has 0 atom stereocenters. The molecule has 0 saturated carbocycles. The van der Waals surface area contributed by atoms with Crippen molar-refractivity contribution in [3.05, 3.63) is 35.4 Å². The molecule has 15 heavy (non-hydrogen) atoms. The quantitative estimate of drug-likeness (QED) is 0.809. The van der Waals surface area contributed by atoms with Gasteiger partial charge in [0, 0.05) is 18.7 Å². The normalized spacial score (nSPS) is 11.0. The molecule has 0 heterocycles. The Morgan fingerprint density at radius 2 is 2.07 bits per heavy atom. The molecule has 1 aromatic rings. The third-order valence-corrected chi connectivity index (χ3v) is 2.29. The number of nitrogens with zero attached hydrogens (tertiary/aromatic N) is 1. The fraction of sp³-hybridized carbons (Fsp3) is 0.455. The van der Waals surface area contributed by atoms with E-state index in [2.05, 4.69) is 0 Å². The molecule has 0 radical (unpaired) electrons. The number of halogens is 2. The molecule has 0 unspecified atom stereocenters. The van der Waals surface area contributed by atoms with Gasteiger partial charge in [0.1, 0.15) is 0 Å². The van der Waals surface area contributed by atoms with E-state index in [-0.39, 0.29) is 6.61 Å². The molecule has 0 bridgehead atoms. The topological polar surface area (TPSA) is 23.5 Å². The first-order valence-corrected chi connectivity index (χ1v) is 4.95. The number of likely N-dealkylation sites (N-methyl/N-ethyl adjacent to an activating group) is 1. The second-order valence-electron chi connectivity index (χ2n) is 3.31. The zero-order valence-electron chi connectivity index (χ0n) is 8.71. The van der Waals surface area contributed by atoms with Crippen LogP contribution in [0.15, 0.2) is 18.2 Å². The Morgan fingerprint density at radius 3 is 2.67 bits per heavy atom. The lowest BCUT2D eigenvalue weighted by Gasteiger charge is -2.19. The molecule has 1 rings (SSSR count). The van der Waals surface area contributed by atoms with Crippen molar-refractivity contribution in [2.45, 2.75) is 13.5 Å². The van der Waals surface area contributed by atoms with Crippen LogP contribution in [-0.4, -0.2) is 29.7 Å². The minimum atomic E-state index is -0.826. The highest BCUT2D eigenvalue weighted by molar-refractivity contribution is 5.18. The molecule has 84 valence electrons. The first kappa shape index (κ1) is 12.1. The van der Waals surface area contributed by atoms with Gasteiger partial charge in [-0.15, -0.1) is 0 Å². The number of hydrogen-bond donors (Lipinski definition) is 1. The maximum Gasteiger partial charge on any atom is 0.163 e. The predicted octanol–water partition coefficient (Wildman–Crippen LogP) is 1.78. The van der Waals surface area contributed by atoms with Crippen molar-refractivity contribution in [3.63, 3.8) is 0 Å². The molecule has 0 saturated heterocycles. The number of rotatable bonds is 5. The summed E-state index contributed by atoms with van der Waals surface area (Å²) in [5.41, 5.74) is 0.324. The van der Waals surface area contributed by atoms with E-state index < -0.39 is 11.6 Å². The van der Waals surface area contributed by atoms with Crippen LogP contribution in [0.5, 0.6) is 0 Å². The van der Waals surface area contributed by atoms with Crippen molar-refractivity contribution < 1.29 is 13.9 Å². The SMILES string of the molecule is CCN(CCO)Cc1cccc(F)c1F. The minimum absolute atomic E-state index is 0.0186. The zero-order chi connectivity index (χ0) is 11.3. The largest absolute Gasteiger partial charge is 0.395 e. The summed E-state index contributed by atoms with van der Waals surface area (Å²) in [6, 6.07) is 4.14. The molecule has 0 aliphatic heterocycles. The van der Waals surface area contributed by atoms with Crippen LogP contribution in [0.3, 0.4) is 0 Å². The highest BCUT2D eigenvalue weighted by atomic mass is 19.2. The molecule has 0 amide bonds. The van der Waals surface area contributed by atoms with Gasteiger partial charge in [0.15, 0.2) is 11.6 Å². The van der Waals surface area contributed by atoms with E-state index in [9.17, 15) is 8.78 Å². The molecule has 0 aliphatic rings. The molecule has 4 heteroatoms. The number of aliphatic hydroxyl groups excluding tert-OH is 1. The summed E-state index contributed by atoms with van der Waals surface area (Å²) >= 11 is 0. The van der Waals surface area contributed by atoms with Gasteiger partial charge in [-0.3, -0.25) is 4.90 Å². The molecule has 0 fully saturated rings. The van der Waals surface area contributed by atoms with Gasteiger partial charge in [0.2, 0.25) is 0 Å². The Hall–Kier alpha value is -1.00. The monoisotopic (exact) mass is 215 g/mol. The average molecular weight is 215 g/mol. The van der Waals surface area contributed by atoms with E-state index in [1.54, 1.807) is 6.07 Å². The summed E-state index contributed by atoms with van der Waals surface area (Å²) in [5, 5.41) is 8.76. The summed E-state index contributed by atoms with van der Waals surface area (Å²) in [4.78, 5) is 1.85. The van der Waals surface area contributed by atoms with Crippen LogP contribution in [0.25, 0.3) is 0 Å². The van der Waals surface area contributed by atoms with Crippen LogP contribution in [-0.2, 0) is 6.54 Å². The van der Waals surface area contributed by atoms with E-state index >= 15 is 0 Å². The summed E-state index contributed by atoms with van der Waals surface area (Å²) < 4.78 is 26.2. The maximum absolute atomic E-state index is 13.3. The van der Waals surface area contributed by atoms with E-state index in [4.69, 9.17) is 5.11 Å². The first-order valence-electron chi connectivity index (χ1n) is 4.95. The minimum Gasteiger partial charge on any atom is -0.395 e. The fourth-order valence-electron chi connectivity index (χ4n) is 1.40. The lowest BCUT2D eigenvalue weighted by molar-refractivity contribution is 0.195. The van der Waals surface area contributed by atoms with Crippen molar-refractivity contribution in [2.75, 3.05) is 19.7 Å². The van der Waals surface area contributed by atoms with E-state index in [0.717, 1.165) is 6.07 Å². The molecule has 0 spiro atoms. The highest BCUT2D eigenvalue weighted by Crippen LogP contribution is 2.13. The van der Waals surface area contributed by atoms with E-state index in [1.807, 2.05) is 11.8 Å². The molecule has 1 aromatic carbocycles. The lowest BCUT2D eigenvalue weighted by Crippen LogP contribution is -2.26. The van der Waals surface area contributed by atoms with Crippen LogP contribution >= 0.6 is 0 Å². The summed E-state index contributed by atoms with van der Waals surface area (Å²) in [5.74, 6) is -1.62. The van der Waals surface area contributed by atoms with Crippen molar-refractivity contribution in [3.8, 4) is 0 Å². The number of benzene rings is 1. The first-order chi connectivity index (χ1) is 7.19. The number of aliphatic hydroxyl groups is 1. The summed E-state index contributed by atoms with van der Waals surface area (Å²) in [6.45, 7) is 3.40. The molecular weight excluding hydrogens is 200 g/mol. The maximum atomic E-state index is 13.3. The van der Waals surface area contributed by atoms with Crippen LogP contribution < -0.4 is 0 Å². The second kappa shape index (κ2) is 5.78. The zero-order valence-corrected chi connectivity index (χ0v) is 8.71. The molecule has 1 N–H and O–H groups in total. The molecule has 0 aliphatic carbocycles. The van der Waals surface area contributed by atoms with Gasteiger partial charge in [-0.05, 0) is 12.6 Å². The van der Waals surface area contributed by atoms with Crippen LogP contribution in [0.1, 0.15) is 12.5 Å². The Bertz CT molecular complexity index is 317. The Morgan fingerprint density at radius 1 is 1.33 bits per heavy atom. The van der Waals surface area contributed by atoms with Gasteiger partial charge in [-0.2, -0.15) is 0 Å². The lowest BCUT2D eigenvalue weighted by atomic mass is 10.2. The molecule has 2 nitrogen and oxygen atoms in total. The Kier molecular flexibility index (Phi) is 4.65. The van der Waals surface area contributed by atoms with Crippen molar-refractivity contribution in [1.29, 1.82) is 0 Å². The number of hydrogen-bond acceptors (Lipinski definition) is 2.